The third kappa shape index (κ3) is 3.72. The number of esters is 1. The van der Waals surface area contributed by atoms with Gasteiger partial charge in [-0.25, -0.2) is 0 Å². The zero-order valence-electron chi connectivity index (χ0n) is 10.7. The molecule has 1 fully saturated rings. The van der Waals surface area contributed by atoms with Crippen LogP contribution in [0.25, 0.3) is 0 Å². The first-order valence-electron chi connectivity index (χ1n) is 6.09. The summed E-state index contributed by atoms with van der Waals surface area (Å²) in [6.45, 7) is 1.90. The molecule has 1 N–H and O–H groups in total. The molecule has 0 aromatic rings. The molecule has 6 nitrogen and oxygen atoms in total. The SMILES string of the molecule is CCOC(=O)CN(C)C(=O)C1CCC(C(=O)O)C1. The highest BCUT2D eigenvalue weighted by Gasteiger charge is 2.35. The molecule has 0 aliphatic heterocycles. The van der Waals surface area contributed by atoms with Crippen molar-refractivity contribution in [2.24, 2.45) is 11.8 Å². The molecular formula is C12H19NO5. The van der Waals surface area contributed by atoms with E-state index in [0.717, 1.165) is 0 Å². The first-order valence-corrected chi connectivity index (χ1v) is 6.09. The maximum absolute atomic E-state index is 12.0. The molecule has 0 spiro atoms. The lowest BCUT2D eigenvalue weighted by Crippen LogP contribution is -2.36. The molecule has 2 atom stereocenters. The van der Waals surface area contributed by atoms with Crippen LogP contribution in [0.1, 0.15) is 26.2 Å². The molecule has 1 amide bonds. The van der Waals surface area contributed by atoms with Gasteiger partial charge in [-0.05, 0) is 26.2 Å². The van der Waals surface area contributed by atoms with E-state index < -0.39 is 17.9 Å². The fourth-order valence-electron chi connectivity index (χ4n) is 2.22. The van der Waals surface area contributed by atoms with E-state index >= 15 is 0 Å². The number of carboxylic acids is 1. The average Bonchev–Trinajstić information content (AvgIpc) is 2.77. The second-order valence-corrected chi connectivity index (χ2v) is 4.54. The fourth-order valence-corrected chi connectivity index (χ4v) is 2.22. The van der Waals surface area contributed by atoms with Crippen LogP contribution in [0.3, 0.4) is 0 Å². The Kier molecular flexibility index (Phi) is 5.12. The van der Waals surface area contributed by atoms with E-state index in [9.17, 15) is 14.4 Å². The van der Waals surface area contributed by atoms with E-state index in [2.05, 4.69) is 0 Å². The second kappa shape index (κ2) is 6.37. The third-order valence-electron chi connectivity index (χ3n) is 3.18. The lowest BCUT2D eigenvalue weighted by molar-refractivity contribution is -0.149. The number of hydrogen-bond acceptors (Lipinski definition) is 4. The molecule has 0 bridgehead atoms. The summed E-state index contributed by atoms with van der Waals surface area (Å²) in [7, 11) is 1.54. The minimum absolute atomic E-state index is 0.0824. The van der Waals surface area contributed by atoms with Crippen molar-refractivity contribution in [1.82, 2.24) is 4.90 Å². The first-order chi connectivity index (χ1) is 8.45. The van der Waals surface area contributed by atoms with E-state index in [1.807, 2.05) is 0 Å². The lowest BCUT2D eigenvalue weighted by atomic mass is 10.0. The minimum Gasteiger partial charge on any atom is -0.481 e. The number of amides is 1. The van der Waals surface area contributed by atoms with Gasteiger partial charge in [-0.1, -0.05) is 0 Å². The van der Waals surface area contributed by atoms with Crippen LogP contribution in [0, 0.1) is 11.8 Å². The molecule has 1 aliphatic carbocycles. The van der Waals surface area contributed by atoms with Gasteiger partial charge in [0.25, 0.3) is 0 Å². The summed E-state index contributed by atoms with van der Waals surface area (Å²) >= 11 is 0. The third-order valence-corrected chi connectivity index (χ3v) is 3.18. The number of carbonyl (C=O) groups excluding carboxylic acids is 2. The average molecular weight is 257 g/mol. The molecule has 0 radical (unpaired) electrons. The quantitative estimate of drug-likeness (QED) is 0.725. The minimum atomic E-state index is -0.849. The van der Waals surface area contributed by atoms with Crippen LogP contribution in [0.4, 0.5) is 0 Å². The van der Waals surface area contributed by atoms with Gasteiger partial charge in [0.05, 0.1) is 12.5 Å². The Morgan fingerprint density at radius 3 is 2.39 bits per heavy atom. The number of rotatable bonds is 5. The van der Waals surface area contributed by atoms with Crippen molar-refractivity contribution in [3.8, 4) is 0 Å². The fraction of sp³-hybridized carbons (Fsp3) is 0.750. The summed E-state index contributed by atoms with van der Waals surface area (Å²) in [5, 5.41) is 8.87. The van der Waals surface area contributed by atoms with Crippen LogP contribution in [-0.4, -0.2) is 48.1 Å². The van der Waals surface area contributed by atoms with Gasteiger partial charge >= 0.3 is 11.9 Å². The number of ether oxygens (including phenoxy) is 1. The summed E-state index contributed by atoms with van der Waals surface area (Å²) in [5.74, 6) is -2.19. The van der Waals surface area contributed by atoms with Gasteiger partial charge in [0.15, 0.2) is 0 Å². The first kappa shape index (κ1) is 14.5. The topological polar surface area (TPSA) is 83.9 Å². The summed E-state index contributed by atoms with van der Waals surface area (Å²) in [4.78, 5) is 35.3. The highest BCUT2D eigenvalue weighted by Crippen LogP contribution is 2.32. The molecule has 18 heavy (non-hydrogen) atoms. The second-order valence-electron chi connectivity index (χ2n) is 4.54. The Balaban J connectivity index is 2.45. The molecule has 2 unspecified atom stereocenters. The Hall–Kier alpha value is -1.59. The van der Waals surface area contributed by atoms with Crippen LogP contribution >= 0.6 is 0 Å². The van der Waals surface area contributed by atoms with Gasteiger partial charge < -0.3 is 14.7 Å². The molecule has 0 heterocycles. The molecular weight excluding hydrogens is 238 g/mol. The van der Waals surface area contributed by atoms with Gasteiger partial charge in [-0.3, -0.25) is 14.4 Å². The Morgan fingerprint density at radius 1 is 1.28 bits per heavy atom. The van der Waals surface area contributed by atoms with E-state index in [1.54, 1.807) is 6.92 Å². The zero-order valence-corrected chi connectivity index (χ0v) is 10.7. The summed E-state index contributed by atoms with van der Waals surface area (Å²) in [6.07, 6.45) is 1.46. The number of carboxylic acid groups (broad SMARTS) is 1. The van der Waals surface area contributed by atoms with Gasteiger partial charge in [0, 0.05) is 13.0 Å². The highest BCUT2D eigenvalue weighted by molar-refractivity contribution is 5.84. The van der Waals surface area contributed by atoms with Gasteiger partial charge in [-0.15, -0.1) is 0 Å². The summed E-state index contributed by atoms with van der Waals surface area (Å²) < 4.78 is 4.76. The van der Waals surface area contributed by atoms with Crippen molar-refractivity contribution in [3.05, 3.63) is 0 Å². The van der Waals surface area contributed by atoms with Gasteiger partial charge in [-0.2, -0.15) is 0 Å². The predicted octanol–water partition coefficient (Wildman–Crippen LogP) is 0.509. The van der Waals surface area contributed by atoms with Crippen LogP contribution in [0.2, 0.25) is 0 Å². The molecule has 0 aromatic carbocycles. The Morgan fingerprint density at radius 2 is 1.89 bits per heavy atom. The van der Waals surface area contributed by atoms with Crippen molar-refractivity contribution in [3.63, 3.8) is 0 Å². The highest BCUT2D eigenvalue weighted by atomic mass is 16.5. The lowest BCUT2D eigenvalue weighted by Gasteiger charge is -2.19. The normalized spacial score (nSPS) is 22.6. The molecule has 0 saturated heterocycles. The van der Waals surface area contributed by atoms with Crippen LogP contribution in [0.15, 0.2) is 0 Å². The number of carbonyl (C=O) groups is 3. The monoisotopic (exact) mass is 257 g/mol. The molecule has 0 aromatic heterocycles. The van der Waals surface area contributed by atoms with E-state index in [1.165, 1.54) is 11.9 Å². The summed E-state index contributed by atoms with van der Waals surface area (Å²) in [6, 6.07) is 0. The Bertz CT molecular complexity index is 341. The number of aliphatic carboxylic acids is 1. The van der Waals surface area contributed by atoms with E-state index in [0.29, 0.717) is 19.3 Å². The van der Waals surface area contributed by atoms with Gasteiger partial charge in [0.1, 0.15) is 6.54 Å². The van der Waals surface area contributed by atoms with Crippen molar-refractivity contribution in [2.45, 2.75) is 26.2 Å². The van der Waals surface area contributed by atoms with Crippen LogP contribution in [0.5, 0.6) is 0 Å². The standard InChI is InChI=1S/C12H19NO5/c1-3-18-10(14)7-13(2)11(15)8-4-5-9(6-8)12(16)17/h8-9H,3-7H2,1-2H3,(H,16,17). The van der Waals surface area contributed by atoms with E-state index in [4.69, 9.17) is 9.84 Å². The molecule has 1 aliphatic rings. The zero-order chi connectivity index (χ0) is 13.7. The van der Waals surface area contributed by atoms with Crippen molar-refractivity contribution in [1.29, 1.82) is 0 Å². The molecule has 1 rings (SSSR count). The van der Waals surface area contributed by atoms with Crippen molar-refractivity contribution >= 4 is 17.8 Å². The van der Waals surface area contributed by atoms with Crippen molar-refractivity contribution in [2.75, 3.05) is 20.2 Å². The van der Waals surface area contributed by atoms with Crippen LogP contribution in [-0.2, 0) is 19.1 Å². The van der Waals surface area contributed by atoms with Gasteiger partial charge in [0.2, 0.25) is 5.91 Å². The van der Waals surface area contributed by atoms with E-state index in [-0.39, 0.29) is 25.0 Å². The number of likely N-dealkylation sites (N-methyl/N-ethyl adjacent to an activating group) is 1. The van der Waals surface area contributed by atoms with Crippen molar-refractivity contribution < 1.29 is 24.2 Å². The number of nitrogens with zero attached hydrogens (tertiary/aromatic N) is 1. The molecule has 1 saturated carbocycles. The predicted molar refractivity (Wildman–Crippen MR) is 62.7 cm³/mol. The Labute approximate surface area is 106 Å². The molecule has 102 valence electrons. The maximum atomic E-state index is 12.0. The molecule has 6 heteroatoms. The maximum Gasteiger partial charge on any atom is 0.325 e. The largest absolute Gasteiger partial charge is 0.481 e. The van der Waals surface area contributed by atoms with Crippen LogP contribution < -0.4 is 0 Å². The smallest absolute Gasteiger partial charge is 0.325 e. The number of hydrogen-bond donors (Lipinski definition) is 1. The summed E-state index contributed by atoms with van der Waals surface area (Å²) in [5.41, 5.74) is 0.